The monoisotopic (exact) mass is 488 g/mol. The Morgan fingerprint density at radius 1 is 1.08 bits per heavy atom. The highest BCUT2D eigenvalue weighted by Crippen LogP contribution is 2.23. The number of piperidine rings is 1. The zero-order valence-electron chi connectivity index (χ0n) is 21.4. The summed E-state index contributed by atoms with van der Waals surface area (Å²) >= 11 is 0. The molecule has 0 radical (unpaired) electrons. The lowest BCUT2D eigenvalue weighted by molar-refractivity contribution is 0.0964. The van der Waals surface area contributed by atoms with Gasteiger partial charge in [0.25, 0.3) is 11.5 Å². The van der Waals surface area contributed by atoms with E-state index >= 15 is 0 Å². The number of amides is 1. The highest BCUT2D eigenvalue weighted by Gasteiger charge is 2.20. The van der Waals surface area contributed by atoms with Crippen molar-refractivity contribution < 1.29 is 9.53 Å². The maximum Gasteiger partial charge on any atom is 0.251 e. The Bertz CT molecular complexity index is 1270. The topological polar surface area (TPSA) is 75.6 Å². The molecule has 2 heterocycles. The van der Waals surface area contributed by atoms with Gasteiger partial charge in [0.15, 0.2) is 0 Å². The zero-order chi connectivity index (χ0) is 25.5. The van der Waals surface area contributed by atoms with Crippen LogP contribution in [0.5, 0.6) is 5.75 Å². The molecule has 1 fully saturated rings. The van der Waals surface area contributed by atoms with Gasteiger partial charge in [0, 0.05) is 50.2 Å². The summed E-state index contributed by atoms with van der Waals surface area (Å²) in [6.45, 7) is 6.39. The average Bonchev–Trinajstić information content (AvgIpc) is 2.91. The second kappa shape index (κ2) is 12.0. The summed E-state index contributed by atoms with van der Waals surface area (Å²) in [5.74, 6) is 0.394. The Hall–Kier alpha value is -3.42. The Labute approximate surface area is 212 Å². The van der Waals surface area contributed by atoms with Gasteiger partial charge in [-0.05, 0) is 50.6 Å². The van der Waals surface area contributed by atoms with Crippen LogP contribution in [0.3, 0.4) is 0 Å². The van der Waals surface area contributed by atoms with Gasteiger partial charge in [-0.15, -0.1) is 0 Å². The van der Waals surface area contributed by atoms with Gasteiger partial charge < -0.3 is 24.8 Å². The molecule has 7 heteroatoms. The van der Waals surface area contributed by atoms with Crippen molar-refractivity contribution in [2.24, 2.45) is 0 Å². The van der Waals surface area contributed by atoms with Crippen LogP contribution < -0.4 is 20.9 Å². The molecule has 2 aromatic carbocycles. The summed E-state index contributed by atoms with van der Waals surface area (Å²) in [5.41, 5.74) is 3.49. The Kier molecular flexibility index (Phi) is 8.57. The molecule has 190 valence electrons. The number of rotatable bonds is 9. The van der Waals surface area contributed by atoms with E-state index in [1.165, 1.54) is 17.2 Å². The van der Waals surface area contributed by atoms with Crippen LogP contribution >= 0.6 is 0 Å². The van der Waals surface area contributed by atoms with Crippen molar-refractivity contribution in [2.75, 3.05) is 40.3 Å². The fraction of sp³-hybridized carbons (Fsp3) is 0.379. The fourth-order valence-electron chi connectivity index (χ4n) is 4.83. The number of methoxy groups -OCH3 is 1. The molecule has 1 amide bonds. The minimum atomic E-state index is -0.266. The number of benzene rings is 2. The first-order valence-electron chi connectivity index (χ1n) is 12.6. The zero-order valence-corrected chi connectivity index (χ0v) is 21.4. The molecular weight excluding hydrogens is 452 g/mol. The van der Waals surface area contributed by atoms with Gasteiger partial charge >= 0.3 is 0 Å². The molecule has 4 rings (SSSR count). The van der Waals surface area contributed by atoms with E-state index in [2.05, 4.69) is 52.8 Å². The van der Waals surface area contributed by atoms with Crippen LogP contribution in [-0.4, -0.2) is 61.8 Å². The molecule has 0 bridgehead atoms. The largest absolute Gasteiger partial charge is 0.497 e. The lowest BCUT2D eigenvalue weighted by atomic mass is 10.0. The third kappa shape index (κ3) is 6.22. The van der Waals surface area contributed by atoms with Crippen molar-refractivity contribution in [3.8, 4) is 5.75 Å². The van der Waals surface area contributed by atoms with Crippen molar-refractivity contribution >= 4 is 22.9 Å². The molecule has 0 aliphatic carbocycles. The van der Waals surface area contributed by atoms with Crippen LogP contribution in [-0.2, 0) is 6.54 Å². The van der Waals surface area contributed by atoms with Crippen LogP contribution in [0.15, 0.2) is 65.0 Å². The number of likely N-dealkylation sites (tertiary alicyclic amines) is 1. The SMILES string of the molecule is CNC(=O)c1cc(=O)n(CCN2CCC(NC/C(C)=C/c3ccccc3)CC2)c2cc(OC)ccc12. The van der Waals surface area contributed by atoms with E-state index in [4.69, 9.17) is 4.74 Å². The van der Waals surface area contributed by atoms with Gasteiger partial charge in [-0.2, -0.15) is 0 Å². The van der Waals surface area contributed by atoms with Gasteiger partial charge in [-0.1, -0.05) is 42.0 Å². The number of pyridine rings is 1. The minimum absolute atomic E-state index is 0.174. The van der Waals surface area contributed by atoms with Crippen molar-refractivity contribution in [2.45, 2.75) is 32.4 Å². The van der Waals surface area contributed by atoms with E-state index in [0.29, 0.717) is 23.9 Å². The van der Waals surface area contributed by atoms with Gasteiger partial charge in [0.05, 0.1) is 18.2 Å². The number of hydrogen-bond acceptors (Lipinski definition) is 5. The van der Waals surface area contributed by atoms with E-state index in [9.17, 15) is 9.59 Å². The number of nitrogens with one attached hydrogen (secondary N) is 2. The van der Waals surface area contributed by atoms with Crippen LogP contribution in [0.25, 0.3) is 17.0 Å². The molecule has 0 atom stereocenters. The standard InChI is InChI=1S/C29H36N4O3/c1-21(17-22-7-5-4-6-8-22)20-31-23-11-13-32(14-12-23)15-16-33-27-18-24(36-3)9-10-25(27)26(19-28(33)34)29(35)30-2/h4-10,17-19,23,31H,11-16,20H2,1-3H3,(H,30,35)/b21-17+. The summed E-state index contributed by atoms with van der Waals surface area (Å²) in [7, 11) is 3.17. The highest BCUT2D eigenvalue weighted by atomic mass is 16.5. The first kappa shape index (κ1) is 25.7. The number of fused-ring (bicyclic) bond motifs is 1. The van der Waals surface area contributed by atoms with E-state index in [1.807, 2.05) is 24.3 Å². The Balaban J connectivity index is 1.36. The lowest BCUT2D eigenvalue weighted by Crippen LogP contribution is -2.44. The molecule has 1 saturated heterocycles. The van der Waals surface area contributed by atoms with Gasteiger partial charge in [0.1, 0.15) is 5.75 Å². The second-order valence-corrected chi connectivity index (χ2v) is 9.41. The Morgan fingerprint density at radius 2 is 1.83 bits per heavy atom. The fourth-order valence-corrected chi connectivity index (χ4v) is 4.83. The van der Waals surface area contributed by atoms with Gasteiger partial charge in [0.2, 0.25) is 0 Å². The molecule has 1 aliphatic rings. The maximum absolute atomic E-state index is 13.0. The van der Waals surface area contributed by atoms with Gasteiger partial charge in [-0.25, -0.2) is 0 Å². The van der Waals surface area contributed by atoms with E-state index in [-0.39, 0.29) is 11.5 Å². The number of nitrogens with zero attached hydrogens (tertiary/aromatic N) is 2. The van der Waals surface area contributed by atoms with E-state index in [0.717, 1.165) is 49.9 Å². The summed E-state index contributed by atoms with van der Waals surface area (Å²) in [4.78, 5) is 27.8. The molecule has 1 aromatic heterocycles. The molecule has 3 aromatic rings. The molecule has 36 heavy (non-hydrogen) atoms. The molecule has 7 nitrogen and oxygen atoms in total. The summed E-state index contributed by atoms with van der Waals surface area (Å²) in [5, 5.41) is 7.08. The lowest BCUT2D eigenvalue weighted by Gasteiger charge is -2.32. The molecule has 0 spiro atoms. The minimum Gasteiger partial charge on any atom is -0.497 e. The first-order chi connectivity index (χ1) is 17.5. The number of ether oxygens (including phenoxy) is 1. The van der Waals surface area contributed by atoms with Crippen LogP contribution in [0.1, 0.15) is 35.7 Å². The maximum atomic E-state index is 13.0. The summed E-state index contributed by atoms with van der Waals surface area (Å²) in [6, 6.07) is 17.8. The normalized spacial score (nSPS) is 15.2. The van der Waals surface area contributed by atoms with Crippen molar-refractivity contribution in [1.82, 2.24) is 20.1 Å². The molecule has 0 unspecified atom stereocenters. The smallest absolute Gasteiger partial charge is 0.251 e. The van der Waals surface area contributed by atoms with E-state index in [1.54, 1.807) is 18.7 Å². The van der Waals surface area contributed by atoms with Crippen molar-refractivity contribution in [3.05, 3.63) is 81.7 Å². The number of aromatic nitrogens is 1. The van der Waals surface area contributed by atoms with E-state index < -0.39 is 0 Å². The number of hydrogen-bond donors (Lipinski definition) is 2. The van der Waals surface area contributed by atoms with Gasteiger partial charge in [-0.3, -0.25) is 9.59 Å². The van der Waals surface area contributed by atoms with Crippen molar-refractivity contribution in [3.63, 3.8) is 0 Å². The molecule has 1 aliphatic heterocycles. The van der Waals surface area contributed by atoms with Crippen LogP contribution in [0, 0.1) is 0 Å². The molecule has 2 N–H and O–H groups in total. The van der Waals surface area contributed by atoms with Crippen molar-refractivity contribution in [1.29, 1.82) is 0 Å². The Morgan fingerprint density at radius 3 is 2.53 bits per heavy atom. The first-order valence-corrected chi connectivity index (χ1v) is 12.6. The number of carbonyl (C=O) groups excluding carboxylic acids is 1. The molecular formula is C29H36N4O3. The predicted molar refractivity (Wildman–Crippen MR) is 146 cm³/mol. The summed E-state index contributed by atoms with van der Waals surface area (Å²) < 4.78 is 7.14. The van der Waals surface area contributed by atoms with Crippen LogP contribution in [0.4, 0.5) is 0 Å². The highest BCUT2D eigenvalue weighted by molar-refractivity contribution is 6.06. The van der Waals surface area contributed by atoms with Crippen LogP contribution in [0.2, 0.25) is 0 Å². The molecule has 0 saturated carbocycles. The quantitative estimate of drug-likeness (QED) is 0.482. The average molecular weight is 489 g/mol. The number of carbonyl (C=O) groups is 1. The predicted octanol–water partition coefficient (Wildman–Crippen LogP) is 3.53. The summed E-state index contributed by atoms with van der Waals surface area (Å²) in [6.07, 6.45) is 4.39. The third-order valence-electron chi connectivity index (χ3n) is 6.90. The third-order valence-corrected chi connectivity index (χ3v) is 6.90. The second-order valence-electron chi connectivity index (χ2n) is 9.41.